The van der Waals surface area contributed by atoms with Gasteiger partial charge in [0.1, 0.15) is 0 Å². The Labute approximate surface area is 87.5 Å². The number of allylic oxidation sites excluding steroid dienone is 3. The molecule has 0 saturated carbocycles. The number of aliphatic hydroxyl groups excluding tert-OH is 1. The molecule has 0 unspecified atom stereocenters. The van der Waals surface area contributed by atoms with E-state index in [2.05, 4.69) is 26.8 Å². The molecule has 0 amide bonds. The zero-order valence-corrected chi connectivity index (χ0v) is 9.80. The highest BCUT2D eigenvalue weighted by molar-refractivity contribution is 5.32. The zero-order valence-electron chi connectivity index (χ0n) is 9.80. The van der Waals surface area contributed by atoms with E-state index in [4.69, 9.17) is 0 Å². The maximum absolute atomic E-state index is 9.23. The largest absolute Gasteiger partial charge is 0.389 e. The van der Waals surface area contributed by atoms with Crippen molar-refractivity contribution in [1.82, 2.24) is 0 Å². The molecule has 0 aromatic rings. The molecule has 0 fully saturated rings. The molecule has 0 aromatic heterocycles. The Morgan fingerprint density at radius 3 is 2.57 bits per heavy atom. The highest BCUT2D eigenvalue weighted by atomic mass is 16.3. The average molecular weight is 194 g/mol. The number of rotatable bonds is 2. The quantitative estimate of drug-likeness (QED) is 0.714. The summed E-state index contributed by atoms with van der Waals surface area (Å²) in [6, 6.07) is 0. The predicted octanol–water partition coefficient (Wildman–Crippen LogP) is 3.45. The topological polar surface area (TPSA) is 20.2 Å². The molecule has 0 aromatic carbocycles. The van der Waals surface area contributed by atoms with Crippen LogP contribution in [0.3, 0.4) is 0 Å². The molecule has 0 saturated heterocycles. The Morgan fingerprint density at radius 1 is 1.43 bits per heavy atom. The minimum Gasteiger partial charge on any atom is -0.389 e. The van der Waals surface area contributed by atoms with Crippen molar-refractivity contribution >= 4 is 0 Å². The smallest absolute Gasteiger partial charge is 0.0695 e. The summed E-state index contributed by atoms with van der Waals surface area (Å²) in [7, 11) is 0. The lowest BCUT2D eigenvalue weighted by atomic mass is 9.72. The molecule has 0 spiro atoms. The lowest BCUT2D eigenvalue weighted by molar-refractivity contribution is 0.243. The van der Waals surface area contributed by atoms with E-state index in [0.29, 0.717) is 0 Å². The third kappa shape index (κ3) is 2.71. The Balaban J connectivity index is 2.91. The first-order valence-corrected chi connectivity index (χ1v) is 5.50. The molecular weight excluding hydrogens is 172 g/mol. The lowest BCUT2D eigenvalue weighted by Gasteiger charge is -2.33. The molecule has 0 bridgehead atoms. The summed E-state index contributed by atoms with van der Waals surface area (Å²) < 4.78 is 0. The fourth-order valence-corrected chi connectivity index (χ4v) is 2.25. The summed E-state index contributed by atoms with van der Waals surface area (Å²) in [6.07, 6.45) is 7.41. The molecule has 1 N–H and O–H groups in total. The molecule has 1 aliphatic carbocycles. The van der Waals surface area contributed by atoms with E-state index >= 15 is 0 Å². The molecule has 1 rings (SSSR count). The molecule has 80 valence electrons. The van der Waals surface area contributed by atoms with Gasteiger partial charge >= 0.3 is 0 Å². The molecular formula is C13H22O. The maximum atomic E-state index is 9.23. The van der Waals surface area contributed by atoms with E-state index in [1.807, 2.05) is 6.08 Å². The average Bonchev–Trinajstić information content (AvgIpc) is 2.01. The van der Waals surface area contributed by atoms with Crippen molar-refractivity contribution in [3.05, 3.63) is 23.3 Å². The summed E-state index contributed by atoms with van der Waals surface area (Å²) in [5, 5.41) is 9.23. The third-order valence-electron chi connectivity index (χ3n) is 3.08. The minimum absolute atomic E-state index is 0.285. The van der Waals surface area contributed by atoms with Gasteiger partial charge in [-0.2, -0.15) is 0 Å². The molecule has 1 nitrogen and oxygen atoms in total. The molecule has 1 aliphatic rings. The summed E-state index contributed by atoms with van der Waals surface area (Å²) in [5.41, 5.74) is 3.19. The van der Waals surface area contributed by atoms with Gasteiger partial charge in [-0.1, -0.05) is 31.6 Å². The van der Waals surface area contributed by atoms with Gasteiger partial charge in [0.25, 0.3) is 0 Å². The van der Waals surface area contributed by atoms with Gasteiger partial charge in [-0.3, -0.25) is 0 Å². The van der Waals surface area contributed by atoms with E-state index in [1.165, 1.54) is 30.4 Å². The van der Waals surface area contributed by atoms with Crippen LogP contribution in [-0.2, 0) is 0 Å². The van der Waals surface area contributed by atoms with Gasteiger partial charge in [-0.05, 0) is 44.1 Å². The number of hydrogen-bond acceptors (Lipinski definition) is 1. The van der Waals surface area contributed by atoms with Crippen LogP contribution < -0.4 is 0 Å². The summed E-state index contributed by atoms with van der Waals surface area (Å²) in [5.74, 6) is 0. The van der Waals surface area contributed by atoms with Gasteiger partial charge in [-0.15, -0.1) is 0 Å². The van der Waals surface area contributed by atoms with Crippen molar-refractivity contribution in [2.75, 3.05) is 0 Å². The van der Waals surface area contributed by atoms with Crippen LogP contribution in [0.15, 0.2) is 23.3 Å². The Bertz CT molecular complexity index is 256. The molecule has 0 heterocycles. The predicted molar refractivity (Wildman–Crippen MR) is 61.2 cm³/mol. The van der Waals surface area contributed by atoms with Gasteiger partial charge in [0.15, 0.2) is 0 Å². The first kappa shape index (κ1) is 11.5. The van der Waals surface area contributed by atoms with Crippen LogP contribution >= 0.6 is 0 Å². The SMILES string of the molecule is CC1=C(/C=C/[C@@H](C)O)C(C)(C)CCC1. The molecule has 0 radical (unpaired) electrons. The van der Waals surface area contributed by atoms with E-state index < -0.39 is 0 Å². The second kappa shape index (κ2) is 4.31. The van der Waals surface area contributed by atoms with Crippen LogP contribution in [0.2, 0.25) is 0 Å². The number of hydrogen-bond donors (Lipinski definition) is 1. The summed E-state index contributed by atoms with van der Waals surface area (Å²) >= 11 is 0. The Hall–Kier alpha value is -0.560. The molecule has 14 heavy (non-hydrogen) atoms. The van der Waals surface area contributed by atoms with E-state index in [9.17, 15) is 5.11 Å². The zero-order chi connectivity index (χ0) is 10.8. The highest BCUT2D eigenvalue weighted by Crippen LogP contribution is 2.40. The van der Waals surface area contributed by atoms with Crippen molar-refractivity contribution in [2.24, 2.45) is 5.41 Å². The van der Waals surface area contributed by atoms with Crippen LogP contribution in [0.4, 0.5) is 0 Å². The van der Waals surface area contributed by atoms with Crippen LogP contribution in [0, 0.1) is 5.41 Å². The van der Waals surface area contributed by atoms with Crippen LogP contribution in [-0.4, -0.2) is 11.2 Å². The highest BCUT2D eigenvalue weighted by Gasteiger charge is 2.26. The number of aliphatic hydroxyl groups is 1. The van der Waals surface area contributed by atoms with Crippen molar-refractivity contribution in [1.29, 1.82) is 0 Å². The van der Waals surface area contributed by atoms with Crippen molar-refractivity contribution in [3.63, 3.8) is 0 Å². The standard InChI is InChI=1S/C13H22O/c1-10-6-5-9-13(3,4)12(10)8-7-11(2)14/h7-8,11,14H,5-6,9H2,1-4H3/b8-7+/t11-/m1/s1. The minimum atomic E-state index is -0.340. The fourth-order valence-electron chi connectivity index (χ4n) is 2.25. The summed E-state index contributed by atoms with van der Waals surface area (Å²) in [6.45, 7) is 8.58. The van der Waals surface area contributed by atoms with Crippen molar-refractivity contribution < 1.29 is 5.11 Å². The monoisotopic (exact) mass is 194 g/mol. The van der Waals surface area contributed by atoms with Crippen LogP contribution in [0.25, 0.3) is 0 Å². The van der Waals surface area contributed by atoms with Crippen LogP contribution in [0.1, 0.15) is 47.0 Å². The van der Waals surface area contributed by atoms with Gasteiger partial charge < -0.3 is 5.11 Å². The lowest BCUT2D eigenvalue weighted by Crippen LogP contribution is -2.19. The second-order valence-corrected chi connectivity index (χ2v) is 5.03. The first-order chi connectivity index (χ1) is 6.43. The van der Waals surface area contributed by atoms with Gasteiger partial charge in [0.05, 0.1) is 6.10 Å². The van der Waals surface area contributed by atoms with Gasteiger partial charge in [-0.25, -0.2) is 0 Å². The van der Waals surface area contributed by atoms with Crippen molar-refractivity contribution in [2.45, 2.75) is 53.1 Å². The van der Waals surface area contributed by atoms with E-state index in [0.717, 1.165) is 0 Å². The van der Waals surface area contributed by atoms with E-state index in [-0.39, 0.29) is 11.5 Å². The fraction of sp³-hybridized carbons (Fsp3) is 0.692. The van der Waals surface area contributed by atoms with Crippen molar-refractivity contribution in [3.8, 4) is 0 Å². The molecule has 0 aliphatic heterocycles. The Kier molecular flexibility index (Phi) is 3.54. The molecule has 1 atom stereocenters. The van der Waals surface area contributed by atoms with E-state index in [1.54, 1.807) is 6.92 Å². The third-order valence-corrected chi connectivity index (χ3v) is 3.08. The normalized spacial score (nSPS) is 24.4. The second-order valence-electron chi connectivity index (χ2n) is 5.03. The van der Waals surface area contributed by atoms with Crippen LogP contribution in [0.5, 0.6) is 0 Å². The maximum Gasteiger partial charge on any atom is 0.0695 e. The first-order valence-electron chi connectivity index (χ1n) is 5.50. The summed E-state index contributed by atoms with van der Waals surface area (Å²) in [4.78, 5) is 0. The van der Waals surface area contributed by atoms with Gasteiger partial charge in [0, 0.05) is 0 Å². The van der Waals surface area contributed by atoms with Gasteiger partial charge in [0.2, 0.25) is 0 Å². The molecule has 1 heteroatoms. The Morgan fingerprint density at radius 2 is 2.07 bits per heavy atom.